The minimum Gasteiger partial charge on any atom is -1.00 e. The number of anilines is 1. The van der Waals surface area contributed by atoms with Crippen LogP contribution in [0.15, 0.2) is 18.3 Å². The van der Waals surface area contributed by atoms with Crippen LogP contribution in [0.2, 0.25) is 0 Å². The predicted molar refractivity (Wildman–Crippen MR) is 52.4 cm³/mol. The minimum absolute atomic E-state index is 0. The molecule has 1 aromatic rings. The van der Waals surface area contributed by atoms with Crippen LogP contribution in [0.4, 0.5) is 5.82 Å². The van der Waals surface area contributed by atoms with Gasteiger partial charge in [0, 0.05) is 5.56 Å². The first-order valence-electron chi connectivity index (χ1n) is 4.55. The maximum atomic E-state index is 11.2. The molecule has 1 rings (SSSR count). The van der Waals surface area contributed by atoms with Crippen LogP contribution in [0, 0.1) is 6.92 Å². The third-order valence-corrected chi connectivity index (χ3v) is 1.93. The van der Waals surface area contributed by atoms with E-state index in [1.807, 2.05) is 19.1 Å². The highest BCUT2D eigenvalue weighted by Crippen LogP contribution is 2.01. The Labute approximate surface area is 99.8 Å². The molecule has 0 fully saturated rings. The van der Waals surface area contributed by atoms with Crippen molar-refractivity contribution >= 4 is 11.8 Å². The van der Waals surface area contributed by atoms with Gasteiger partial charge in [-0.2, -0.15) is 0 Å². The van der Waals surface area contributed by atoms with Crippen LogP contribution in [0.3, 0.4) is 0 Å². The summed E-state index contributed by atoms with van der Waals surface area (Å²) in [6, 6.07) is 3.75. The summed E-state index contributed by atoms with van der Waals surface area (Å²) in [5, 5.41) is 0. The van der Waals surface area contributed by atoms with E-state index in [0.717, 1.165) is 5.56 Å². The van der Waals surface area contributed by atoms with Crippen molar-refractivity contribution in [3.05, 3.63) is 23.9 Å². The van der Waals surface area contributed by atoms with Gasteiger partial charge in [0.2, 0.25) is 0 Å². The van der Waals surface area contributed by atoms with Gasteiger partial charge in [-0.25, -0.2) is 9.36 Å². The molecular weight excluding hydrogens is 260 g/mol. The fourth-order valence-electron chi connectivity index (χ4n) is 1.17. The van der Waals surface area contributed by atoms with Gasteiger partial charge in [0.15, 0.2) is 6.54 Å². The molecule has 0 unspecified atom stereocenters. The molecule has 5 heteroatoms. The number of hydrogen-bond donors (Lipinski definition) is 1. The molecule has 4 nitrogen and oxygen atoms in total. The van der Waals surface area contributed by atoms with E-state index in [0.29, 0.717) is 12.4 Å². The molecule has 1 heterocycles. The monoisotopic (exact) mass is 274 g/mol. The van der Waals surface area contributed by atoms with E-state index in [-0.39, 0.29) is 29.5 Å². The second-order valence-corrected chi connectivity index (χ2v) is 3.01. The number of nitrogens with two attached hydrogens (primary N) is 1. The molecule has 2 N–H and O–H groups in total. The van der Waals surface area contributed by atoms with Crippen molar-refractivity contribution in [3.8, 4) is 0 Å². The Morgan fingerprint density at radius 2 is 2.27 bits per heavy atom. The molecule has 0 radical (unpaired) electrons. The van der Waals surface area contributed by atoms with Gasteiger partial charge in [0.05, 0.1) is 12.8 Å². The SMILES string of the molecule is CCOC(=O)C[n+]1cccc(C)c1N.[Br-]. The highest BCUT2D eigenvalue weighted by molar-refractivity contribution is 5.67. The van der Waals surface area contributed by atoms with Crippen molar-refractivity contribution in [1.82, 2.24) is 0 Å². The van der Waals surface area contributed by atoms with Crippen LogP contribution in [-0.4, -0.2) is 12.6 Å². The normalized spacial score (nSPS) is 9.20. The molecule has 0 amide bonds. The minimum atomic E-state index is -0.269. The molecular formula is C10H15BrN2O2. The molecule has 0 aliphatic heterocycles. The molecule has 0 aliphatic carbocycles. The van der Waals surface area contributed by atoms with Gasteiger partial charge >= 0.3 is 5.97 Å². The van der Waals surface area contributed by atoms with Gasteiger partial charge in [-0.1, -0.05) is 0 Å². The first-order valence-corrected chi connectivity index (χ1v) is 4.55. The van der Waals surface area contributed by atoms with Crippen molar-refractivity contribution < 1.29 is 31.1 Å². The maximum absolute atomic E-state index is 11.2. The number of esters is 1. The number of rotatable bonds is 3. The largest absolute Gasteiger partial charge is 1.00 e. The number of aromatic nitrogens is 1. The van der Waals surface area contributed by atoms with E-state index in [1.165, 1.54) is 0 Å². The molecule has 0 bridgehead atoms. The van der Waals surface area contributed by atoms with Crippen LogP contribution in [0.5, 0.6) is 0 Å². The smallest absolute Gasteiger partial charge is 0.348 e. The summed E-state index contributed by atoms with van der Waals surface area (Å²) in [6.07, 6.45) is 1.76. The molecule has 0 saturated heterocycles. The molecule has 1 aromatic heterocycles. The lowest BCUT2D eigenvalue weighted by molar-refractivity contribution is -0.671. The summed E-state index contributed by atoms with van der Waals surface area (Å²) in [5.41, 5.74) is 6.74. The number of hydrogen-bond acceptors (Lipinski definition) is 3. The summed E-state index contributed by atoms with van der Waals surface area (Å²) < 4.78 is 6.50. The number of ether oxygens (including phenoxy) is 1. The number of pyridine rings is 1. The van der Waals surface area contributed by atoms with Crippen molar-refractivity contribution in [2.24, 2.45) is 0 Å². The Bertz CT molecular complexity index is 342. The van der Waals surface area contributed by atoms with E-state index >= 15 is 0 Å². The fourth-order valence-corrected chi connectivity index (χ4v) is 1.17. The molecule has 0 atom stereocenters. The van der Waals surface area contributed by atoms with Crippen LogP contribution in [0.1, 0.15) is 12.5 Å². The van der Waals surface area contributed by atoms with E-state index in [2.05, 4.69) is 0 Å². The standard InChI is InChI=1S/C10H14N2O2.BrH/c1-3-14-9(13)7-12-6-4-5-8(2)10(12)11;/h4-6,11H,3,7H2,1-2H3;1H. The average molecular weight is 275 g/mol. The van der Waals surface area contributed by atoms with Crippen molar-refractivity contribution in [2.75, 3.05) is 12.3 Å². The van der Waals surface area contributed by atoms with E-state index < -0.39 is 0 Å². The molecule has 0 aliphatic rings. The Kier molecular flexibility index (Phi) is 5.93. The highest BCUT2D eigenvalue weighted by Gasteiger charge is 2.11. The Hall–Kier alpha value is -1.10. The third kappa shape index (κ3) is 3.87. The zero-order valence-electron chi connectivity index (χ0n) is 8.87. The topological polar surface area (TPSA) is 56.2 Å². The Morgan fingerprint density at radius 1 is 1.60 bits per heavy atom. The Balaban J connectivity index is 0.00000196. The number of carbonyl (C=O) groups is 1. The summed E-state index contributed by atoms with van der Waals surface area (Å²) in [6.45, 7) is 4.24. The number of nitrogens with zero attached hydrogens (tertiary/aromatic N) is 1. The number of aryl methyl sites for hydroxylation is 1. The highest BCUT2D eigenvalue weighted by atomic mass is 79.9. The number of carbonyl (C=O) groups excluding carboxylic acids is 1. The molecule has 0 aromatic carbocycles. The van der Waals surface area contributed by atoms with Crippen LogP contribution < -0.4 is 27.3 Å². The summed E-state index contributed by atoms with van der Waals surface area (Å²) in [4.78, 5) is 11.2. The van der Waals surface area contributed by atoms with Crippen molar-refractivity contribution in [1.29, 1.82) is 0 Å². The van der Waals surface area contributed by atoms with Gasteiger partial charge in [0.1, 0.15) is 0 Å². The molecule has 0 saturated carbocycles. The summed E-state index contributed by atoms with van der Waals surface area (Å²) >= 11 is 0. The lowest BCUT2D eigenvalue weighted by Gasteiger charge is -2.04. The third-order valence-electron chi connectivity index (χ3n) is 1.93. The summed E-state index contributed by atoms with van der Waals surface area (Å²) in [5.74, 6) is 0.329. The van der Waals surface area contributed by atoms with E-state index in [1.54, 1.807) is 17.7 Å². The van der Waals surface area contributed by atoms with Gasteiger partial charge in [-0.15, -0.1) is 0 Å². The quantitative estimate of drug-likeness (QED) is 0.487. The van der Waals surface area contributed by atoms with Crippen molar-refractivity contribution in [2.45, 2.75) is 20.4 Å². The second-order valence-electron chi connectivity index (χ2n) is 3.01. The zero-order chi connectivity index (χ0) is 10.6. The predicted octanol–water partition coefficient (Wildman–Crippen LogP) is -2.57. The zero-order valence-corrected chi connectivity index (χ0v) is 10.5. The van der Waals surface area contributed by atoms with Gasteiger partial charge in [-0.05, 0) is 26.0 Å². The average Bonchev–Trinajstić information content (AvgIpc) is 2.13. The maximum Gasteiger partial charge on any atom is 0.348 e. The van der Waals surface area contributed by atoms with Gasteiger partial charge in [0.25, 0.3) is 5.82 Å². The van der Waals surface area contributed by atoms with Gasteiger partial charge < -0.3 is 21.7 Å². The summed E-state index contributed by atoms with van der Waals surface area (Å²) in [7, 11) is 0. The first kappa shape index (κ1) is 13.9. The molecule has 0 spiro atoms. The molecule has 15 heavy (non-hydrogen) atoms. The number of nitrogen functional groups attached to an aromatic ring is 1. The van der Waals surface area contributed by atoms with Crippen LogP contribution in [-0.2, 0) is 16.1 Å². The second kappa shape index (κ2) is 6.40. The number of halogens is 1. The molecule has 84 valence electrons. The lowest BCUT2D eigenvalue weighted by atomic mass is 10.3. The lowest BCUT2D eigenvalue weighted by Crippen LogP contribution is -3.00. The fraction of sp³-hybridized carbons (Fsp3) is 0.400. The van der Waals surface area contributed by atoms with E-state index in [4.69, 9.17) is 10.5 Å². The van der Waals surface area contributed by atoms with Gasteiger partial charge in [-0.3, -0.25) is 5.73 Å². The van der Waals surface area contributed by atoms with Crippen LogP contribution in [0.25, 0.3) is 0 Å². The van der Waals surface area contributed by atoms with Crippen LogP contribution >= 0.6 is 0 Å². The van der Waals surface area contributed by atoms with E-state index in [9.17, 15) is 4.79 Å². The Morgan fingerprint density at radius 3 is 2.87 bits per heavy atom. The first-order chi connectivity index (χ1) is 6.65. The van der Waals surface area contributed by atoms with Crippen molar-refractivity contribution in [3.63, 3.8) is 0 Å².